The zero-order chi connectivity index (χ0) is 14.6. The van der Waals surface area contributed by atoms with Crippen LogP contribution < -0.4 is 4.74 Å². The first kappa shape index (κ1) is 16.5. The van der Waals surface area contributed by atoms with Crippen molar-refractivity contribution in [3.05, 3.63) is 23.8 Å². The van der Waals surface area contributed by atoms with E-state index in [0.717, 1.165) is 6.42 Å². The van der Waals surface area contributed by atoms with Gasteiger partial charge in [-0.05, 0) is 18.6 Å². The maximum absolute atomic E-state index is 10.6. The molecule has 0 spiro atoms. The van der Waals surface area contributed by atoms with Crippen molar-refractivity contribution in [1.29, 1.82) is 0 Å². The molecule has 0 saturated carbocycles. The minimum atomic E-state index is -0.0200. The molecule has 0 aliphatic rings. The van der Waals surface area contributed by atoms with E-state index in [9.17, 15) is 9.90 Å². The van der Waals surface area contributed by atoms with E-state index in [-0.39, 0.29) is 5.75 Å². The van der Waals surface area contributed by atoms with Gasteiger partial charge in [-0.3, -0.25) is 4.79 Å². The van der Waals surface area contributed by atoms with Gasteiger partial charge in [0.2, 0.25) is 0 Å². The van der Waals surface area contributed by atoms with E-state index in [1.54, 1.807) is 12.1 Å². The van der Waals surface area contributed by atoms with Crippen molar-refractivity contribution in [2.75, 3.05) is 6.61 Å². The van der Waals surface area contributed by atoms with Gasteiger partial charge in [-0.15, -0.1) is 0 Å². The molecule has 0 aliphatic carbocycles. The second kappa shape index (κ2) is 10.3. The van der Waals surface area contributed by atoms with E-state index < -0.39 is 0 Å². The predicted octanol–water partition coefficient (Wildman–Crippen LogP) is 4.72. The van der Waals surface area contributed by atoms with Crippen LogP contribution in [-0.4, -0.2) is 18.0 Å². The minimum absolute atomic E-state index is 0.0200. The van der Waals surface area contributed by atoms with Gasteiger partial charge in [-0.2, -0.15) is 0 Å². The summed E-state index contributed by atoms with van der Waals surface area (Å²) in [5.41, 5.74) is 0.296. The lowest BCUT2D eigenvalue weighted by atomic mass is 10.1. The molecule has 3 heteroatoms. The summed E-state index contributed by atoms with van der Waals surface area (Å²) >= 11 is 0. The van der Waals surface area contributed by atoms with E-state index >= 15 is 0 Å². The lowest BCUT2D eigenvalue weighted by molar-refractivity contribution is 0.112. The third-order valence-corrected chi connectivity index (χ3v) is 3.40. The number of phenols is 1. The highest BCUT2D eigenvalue weighted by Crippen LogP contribution is 2.22. The standard InChI is InChI=1S/C17H26O3/c1-2-3-4-5-6-7-8-9-12-20-16-11-10-15(14-18)17(19)13-16/h10-11,13-14,19H,2-9,12H2,1H3. The molecule has 0 fully saturated rings. The Bertz CT molecular complexity index is 388. The molecule has 1 N–H and O–H groups in total. The quantitative estimate of drug-likeness (QED) is 0.470. The summed E-state index contributed by atoms with van der Waals surface area (Å²) in [6.45, 7) is 2.89. The molecule has 3 nitrogen and oxygen atoms in total. The van der Waals surface area contributed by atoms with Crippen LogP contribution in [0.15, 0.2) is 18.2 Å². The second-order valence-corrected chi connectivity index (χ2v) is 5.16. The summed E-state index contributed by atoms with van der Waals surface area (Å²) in [5.74, 6) is 0.601. The number of rotatable bonds is 11. The Morgan fingerprint density at radius 1 is 1.05 bits per heavy atom. The summed E-state index contributed by atoms with van der Waals surface area (Å²) in [7, 11) is 0. The highest BCUT2D eigenvalue weighted by molar-refractivity contribution is 5.79. The fourth-order valence-corrected chi connectivity index (χ4v) is 2.14. The number of hydrogen-bond donors (Lipinski definition) is 1. The molecule has 112 valence electrons. The average molecular weight is 278 g/mol. The number of benzene rings is 1. The first-order chi connectivity index (χ1) is 9.77. The van der Waals surface area contributed by atoms with Gasteiger partial charge < -0.3 is 9.84 Å². The largest absolute Gasteiger partial charge is 0.507 e. The van der Waals surface area contributed by atoms with Crippen molar-refractivity contribution in [3.63, 3.8) is 0 Å². The monoisotopic (exact) mass is 278 g/mol. The van der Waals surface area contributed by atoms with Gasteiger partial charge in [0, 0.05) is 6.07 Å². The van der Waals surface area contributed by atoms with E-state index in [1.807, 2.05) is 0 Å². The van der Waals surface area contributed by atoms with Gasteiger partial charge in [0.1, 0.15) is 11.5 Å². The maximum atomic E-state index is 10.6. The third-order valence-electron chi connectivity index (χ3n) is 3.40. The highest BCUT2D eigenvalue weighted by atomic mass is 16.5. The normalized spacial score (nSPS) is 10.4. The van der Waals surface area contributed by atoms with E-state index in [0.29, 0.717) is 24.2 Å². The second-order valence-electron chi connectivity index (χ2n) is 5.16. The number of unbranched alkanes of at least 4 members (excludes halogenated alkanes) is 7. The lowest BCUT2D eigenvalue weighted by Gasteiger charge is -2.07. The van der Waals surface area contributed by atoms with Crippen molar-refractivity contribution in [1.82, 2.24) is 0 Å². The lowest BCUT2D eigenvalue weighted by Crippen LogP contribution is -1.97. The number of ether oxygens (including phenoxy) is 1. The van der Waals surface area contributed by atoms with Crippen LogP contribution in [0.2, 0.25) is 0 Å². The van der Waals surface area contributed by atoms with Gasteiger partial charge >= 0.3 is 0 Å². The van der Waals surface area contributed by atoms with Gasteiger partial charge in [0.05, 0.1) is 12.2 Å². The van der Waals surface area contributed by atoms with Crippen molar-refractivity contribution >= 4 is 6.29 Å². The van der Waals surface area contributed by atoms with E-state index in [2.05, 4.69) is 6.92 Å². The average Bonchev–Trinajstić information content (AvgIpc) is 2.46. The number of carbonyl (C=O) groups is 1. The Kier molecular flexibility index (Phi) is 8.52. The molecule has 0 unspecified atom stereocenters. The van der Waals surface area contributed by atoms with Crippen molar-refractivity contribution in [2.24, 2.45) is 0 Å². The van der Waals surface area contributed by atoms with Crippen LogP contribution in [0, 0.1) is 0 Å². The predicted molar refractivity (Wildman–Crippen MR) is 81.6 cm³/mol. The summed E-state index contributed by atoms with van der Waals surface area (Å²) in [6.07, 6.45) is 10.8. The van der Waals surface area contributed by atoms with Gasteiger partial charge in [0.15, 0.2) is 6.29 Å². The van der Waals surface area contributed by atoms with Gasteiger partial charge in [-0.25, -0.2) is 0 Å². The minimum Gasteiger partial charge on any atom is -0.507 e. The number of aldehydes is 1. The molecule has 20 heavy (non-hydrogen) atoms. The van der Waals surface area contributed by atoms with Crippen LogP contribution in [-0.2, 0) is 0 Å². The van der Waals surface area contributed by atoms with Crippen molar-refractivity contribution in [2.45, 2.75) is 58.3 Å². The number of carbonyl (C=O) groups excluding carboxylic acids is 1. The number of phenolic OH excluding ortho intramolecular Hbond substituents is 1. The fourth-order valence-electron chi connectivity index (χ4n) is 2.14. The Morgan fingerprint density at radius 2 is 1.70 bits per heavy atom. The highest BCUT2D eigenvalue weighted by Gasteiger charge is 2.02. The van der Waals surface area contributed by atoms with Crippen molar-refractivity contribution in [3.8, 4) is 11.5 Å². The Hall–Kier alpha value is -1.51. The molecule has 0 aromatic heterocycles. The van der Waals surface area contributed by atoms with E-state index in [4.69, 9.17) is 4.74 Å². The zero-order valence-electron chi connectivity index (χ0n) is 12.4. The molecule has 1 rings (SSSR count). The van der Waals surface area contributed by atoms with Gasteiger partial charge in [-0.1, -0.05) is 51.9 Å². The number of aromatic hydroxyl groups is 1. The Balaban J connectivity index is 2.06. The smallest absolute Gasteiger partial charge is 0.153 e. The molecule has 0 atom stereocenters. The first-order valence-corrected chi connectivity index (χ1v) is 7.69. The molecule has 0 saturated heterocycles. The zero-order valence-corrected chi connectivity index (χ0v) is 12.4. The van der Waals surface area contributed by atoms with E-state index in [1.165, 1.54) is 51.0 Å². The van der Waals surface area contributed by atoms with Gasteiger partial charge in [0.25, 0.3) is 0 Å². The molecule has 0 radical (unpaired) electrons. The molecular weight excluding hydrogens is 252 g/mol. The molecule has 1 aromatic carbocycles. The summed E-state index contributed by atoms with van der Waals surface area (Å²) in [6, 6.07) is 4.79. The SMILES string of the molecule is CCCCCCCCCCOc1ccc(C=O)c(O)c1. The molecule has 0 heterocycles. The van der Waals surface area contributed by atoms with Crippen LogP contribution in [0.1, 0.15) is 68.6 Å². The molecule has 1 aromatic rings. The molecule has 0 amide bonds. The Morgan fingerprint density at radius 3 is 2.30 bits per heavy atom. The third kappa shape index (κ3) is 6.60. The molecule has 0 aliphatic heterocycles. The van der Waals surface area contributed by atoms with Crippen LogP contribution in [0.5, 0.6) is 11.5 Å². The first-order valence-electron chi connectivity index (χ1n) is 7.69. The van der Waals surface area contributed by atoms with Crippen LogP contribution in [0.3, 0.4) is 0 Å². The topological polar surface area (TPSA) is 46.5 Å². The van der Waals surface area contributed by atoms with Crippen LogP contribution in [0.4, 0.5) is 0 Å². The molecular formula is C17H26O3. The van der Waals surface area contributed by atoms with Crippen LogP contribution >= 0.6 is 0 Å². The van der Waals surface area contributed by atoms with Crippen molar-refractivity contribution < 1.29 is 14.6 Å². The molecule has 0 bridgehead atoms. The Labute approximate surface area is 122 Å². The summed E-state index contributed by atoms with van der Waals surface area (Å²) in [5, 5.41) is 9.52. The van der Waals surface area contributed by atoms with Crippen LogP contribution in [0.25, 0.3) is 0 Å². The number of hydrogen-bond acceptors (Lipinski definition) is 3. The maximum Gasteiger partial charge on any atom is 0.153 e. The summed E-state index contributed by atoms with van der Waals surface area (Å²) < 4.78 is 5.56. The summed E-state index contributed by atoms with van der Waals surface area (Å²) in [4.78, 5) is 10.6. The fraction of sp³-hybridized carbons (Fsp3) is 0.588.